The van der Waals surface area contributed by atoms with Crippen molar-refractivity contribution in [2.45, 2.75) is 34.1 Å². The maximum atomic E-state index is 11.6. The van der Waals surface area contributed by atoms with Gasteiger partial charge in [0.2, 0.25) is 5.91 Å². The molecule has 3 nitrogen and oxygen atoms in total. The van der Waals surface area contributed by atoms with E-state index in [1.165, 1.54) is 0 Å². The van der Waals surface area contributed by atoms with Crippen LogP contribution in [0.4, 0.5) is 0 Å². The molecule has 0 aliphatic rings. The van der Waals surface area contributed by atoms with Crippen LogP contribution in [0.2, 0.25) is 0 Å². The van der Waals surface area contributed by atoms with E-state index in [0.717, 1.165) is 24.3 Å². The number of carbonyl (C=O) groups excluding carboxylic acids is 1. The number of nitrogens with zero attached hydrogens (tertiary/aromatic N) is 1. The van der Waals surface area contributed by atoms with Gasteiger partial charge in [0.05, 0.1) is 6.61 Å². The van der Waals surface area contributed by atoms with E-state index in [1.807, 2.05) is 20.8 Å². The third-order valence-corrected chi connectivity index (χ3v) is 2.58. The Bertz CT molecular complexity index is 247. The second kappa shape index (κ2) is 8.59. The monoisotopic (exact) mass is 247 g/mol. The normalized spacial score (nSPS) is 10.1. The van der Waals surface area contributed by atoms with Crippen molar-refractivity contribution < 1.29 is 9.53 Å². The van der Waals surface area contributed by atoms with Gasteiger partial charge in [-0.3, -0.25) is 4.79 Å². The van der Waals surface area contributed by atoms with E-state index < -0.39 is 0 Å². The minimum Gasteiger partial charge on any atom is -0.380 e. The van der Waals surface area contributed by atoms with Crippen LogP contribution in [-0.4, -0.2) is 36.4 Å². The van der Waals surface area contributed by atoms with Crippen molar-refractivity contribution in [1.29, 1.82) is 0 Å². The summed E-state index contributed by atoms with van der Waals surface area (Å²) in [6.07, 6.45) is 0.991. The summed E-state index contributed by atoms with van der Waals surface area (Å²) in [5, 5.41) is 0. The summed E-state index contributed by atoms with van der Waals surface area (Å²) < 4.78 is 5.38. The average molecular weight is 248 g/mol. The van der Waals surface area contributed by atoms with Gasteiger partial charge in [-0.05, 0) is 27.2 Å². The first-order valence-corrected chi connectivity index (χ1v) is 6.16. The van der Waals surface area contributed by atoms with Gasteiger partial charge in [-0.25, -0.2) is 0 Å². The van der Waals surface area contributed by atoms with Crippen LogP contribution in [0.3, 0.4) is 0 Å². The Morgan fingerprint density at radius 3 is 2.31 bits per heavy atom. The lowest BCUT2D eigenvalue weighted by molar-refractivity contribution is -0.127. The Hall–Kier alpha value is -0.540. The zero-order chi connectivity index (χ0) is 12.6. The number of alkyl halides is 1. The molecule has 0 saturated heterocycles. The summed E-state index contributed by atoms with van der Waals surface area (Å²) in [4.78, 5) is 13.3. The summed E-state index contributed by atoms with van der Waals surface area (Å²) >= 11 is 5.58. The molecule has 4 heteroatoms. The van der Waals surface area contributed by atoms with E-state index in [-0.39, 0.29) is 11.8 Å². The number of hydrogen-bond donors (Lipinski definition) is 0. The molecular formula is C12H22ClNO2. The minimum atomic E-state index is -0.0690. The van der Waals surface area contributed by atoms with E-state index in [4.69, 9.17) is 16.3 Å². The lowest BCUT2D eigenvalue weighted by Gasteiger charge is -2.23. The van der Waals surface area contributed by atoms with Crippen molar-refractivity contribution in [3.8, 4) is 0 Å². The van der Waals surface area contributed by atoms with Crippen molar-refractivity contribution >= 4 is 17.5 Å². The third-order valence-electron chi connectivity index (χ3n) is 2.35. The molecule has 0 atom stereocenters. The fraction of sp³-hybridized carbons (Fsp3) is 0.750. The van der Waals surface area contributed by atoms with Crippen LogP contribution in [0.1, 0.15) is 34.1 Å². The van der Waals surface area contributed by atoms with Gasteiger partial charge in [-0.15, -0.1) is 11.6 Å². The molecule has 0 unspecified atom stereocenters. The van der Waals surface area contributed by atoms with E-state index >= 15 is 0 Å². The molecule has 0 fully saturated rings. The van der Waals surface area contributed by atoms with Gasteiger partial charge in [-0.1, -0.05) is 12.5 Å². The van der Waals surface area contributed by atoms with Crippen LogP contribution >= 0.6 is 11.6 Å². The van der Waals surface area contributed by atoms with Gasteiger partial charge < -0.3 is 9.64 Å². The van der Waals surface area contributed by atoms with Gasteiger partial charge in [-0.2, -0.15) is 0 Å². The molecule has 0 aliphatic carbocycles. The third kappa shape index (κ3) is 5.52. The lowest BCUT2D eigenvalue weighted by atomic mass is 10.2. The van der Waals surface area contributed by atoms with Crippen LogP contribution in [0, 0.1) is 0 Å². The fourth-order valence-corrected chi connectivity index (χ4v) is 1.37. The number of rotatable bonds is 7. The standard InChI is InChI=1S/C12H22ClNO2/c1-5-7-16-8-6-14(12(15)9-13)11(4)10(2)3/h5-9H2,1-4H3. The maximum absolute atomic E-state index is 11.6. The summed E-state index contributed by atoms with van der Waals surface area (Å²) in [5.41, 5.74) is 2.08. The molecule has 94 valence electrons. The number of ether oxygens (including phenoxy) is 1. The van der Waals surface area contributed by atoms with Crippen molar-refractivity contribution in [3.63, 3.8) is 0 Å². The predicted octanol–water partition coefficient (Wildman–Crippen LogP) is 2.79. The molecule has 0 N–H and O–H groups in total. The highest BCUT2D eigenvalue weighted by atomic mass is 35.5. The van der Waals surface area contributed by atoms with Crippen LogP contribution in [-0.2, 0) is 9.53 Å². The van der Waals surface area contributed by atoms with Crippen LogP contribution in [0.5, 0.6) is 0 Å². The molecule has 0 aliphatic heterocycles. The Kier molecular flexibility index (Phi) is 8.30. The second-order valence-electron chi connectivity index (χ2n) is 3.88. The quantitative estimate of drug-likeness (QED) is 0.512. The minimum absolute atomic E-state index is 0.0123. The highest BCUT2D eigenvalue weighted by Gasteiger charge is 2.14. The average Bonchev–Trinajstić information content (AvgIpc) is 2.27. The molecule has 0 saturated carbocycles. The van der Waals surface area contributed by atoms with E-state index in [2.05, 4.69) is 6.92 Å². The summed E-state index contributed by atoms with van der Waals surface area (Å²) in [6.45, 7) is 9.82. The molecule has 0 bridgehead atoms. The van der Waals surface area contributed by atoms with Gasteiger partial charge >= 0.3 is 0 Å². The van der Waals surface area contributed by atoms with Crippen molar-refractivity contribution in [2.24, 2.45) is 0 Å². The van der Waals surface area contributed by atoms with E-state index in [9.17, 15) is 4.79 Å². The van der Waals surface area contributed by atoms with Gasteiger partial charge in [0.1, 0.15) is 5.88 Å². The highest BCUT2D eigenvalue weighted by molar-refractivity contribution is 6.27. The Labute approximate surface area is 103 Å². The highest BCUT2D eigenvalue weighted by Crippen LogP contribution is 2.10. The molecule has 0 rings (SSSR count). The number of hydrogen-bond acceptors (Lipinski definition) is 2. The first kappa shape index (κ1) is 15.5. The lowest BCUT2D eigenvalue weighted by Crippen LogP contribution is -2.34. The SMILES string of the molecule is CCCOCCN(C(=O)CCl)C(C)=C(C)C. The molecule has 0 aromatic carbocycles. The van der Waals surface area contributed by atoms with Crippen molar-refractivity contribution in [2.75, 3.05) is 25.6 Å². The molecule has 0 spiro atoms. The maximum Gasteiger partial charge on any atom is 0.241 e. The molecule has 16 heavy (non-hydrogen) atoms. The van der Waals surface area contributed by atoms with Crippen molar-refractivity contribution in [3.05, 3.63) is 11.3 Å². The molecule has 0 heterocycles. The number of amides is 1. The van der Waals surface area contributed by atoms with E-state index in [1.54, 1.807) is 4.90 Å². The summed E-state index contributed by atoms with van der Waals surface area (Å²) in [7, 11) is 0. The zero-order valence-corrected chi connectivity index (χ0v) is 11.4. The smallest absolute Gasteiger partial charge is 0.241 e. The fourth-order valence-electron chi connectivity index (χ4n) is 1.22. The summed E-state index contributed by atoms with van der Waals surface area (Å²) in [5.74, 6) is -0.0567. The van der Waals surface area contributed by atoms with Crippen molar-refractivity contribution in [1.82, 2.24) is 4.90 Å². The Morgan fingerprint density at radius 1 is 1.25 bits per heavy atom. The molecule has 0 aromatic heterocycles. The molecule has 1 amide bonds. The van der Waals surface area contributed by atoms with Crippen LogP contribution in [0.25, 0.3) is 0 Å². The number of allylic oxidation sites excluding steroid dienone is 2. The molecule has 0 radical (unpaired) electrons. The first-order chi connectivity index (χ1) is 7.54. The number of halogens is 1. The zero-order valence-electron chi connectivity index (χ0n) is 10.7. The van der Waals surface area contributed by atoms with Gasteiger partial charge in [0.25, 0.3) is 0 Å². The molecular weight excluding hydrogens is 226 g/mol. The Balaban J connectivity index is 4.34. The topological polar surface area (TPSA) is 29.5 Å². The molecule has 0 aromatic rings. The number of carbonyl (C=O) groups is 1. The van der Waals surface area contributed by atoms with Gasteiger partial charge in [0, 0.05) is 18.8 Å². The largest absolute Gasteiger partial charge is 0.380 e. The van der Waals surface area contributed by atoms with Crippen LogP contribution in [0.15, 0.2) is 11.3 Å². The Morgan fingerprint density at radius 2 is 1.88 bits per heavy atom. The second-order valence-corrected chi connectivity index (χ2v) is 4.14. The van der Waals surface area contributed by atoms with E-state index in [0.29, 0.717) is 13.2 Å². The summed E-state index contributed by atoms with van der Waals surface area (Å²) in [6, 6.07) is 0. The van der Waals surface area contributed by atoms with Crippen LogP contribution < -0.4 is 0 Å². The first-order valence-electron chi connectivity index (χ1n) is 5.62. The predicted molar refractivity (Wildman–Crippen MR) is 67.6 cm³/mol. The van der Waals surface area contributed by atoms with Gasteiger partial charge in [0.15, 0.2) is 0 Å².